The van der Waals surface area contributed by atoms with Gasteiger partial charge in [-0.25, -0.2) is 8.78 Å². The van der Waals surface area contributed by atoms with Crippen LogP contribution in [0.5, 0.6) is 5.75 Å². The molecule has 1 unspecified atom stereocenters. The Kier molecular flexibility index (Phi) is 7.02. The third kappa shape index (κ3) is 5.26. The second-order valence-electron chi connectivity index (χ2n) is 8.57. The number of ether oxygens (including phenoxy) is 1. The summed E-state index contributed by atoms with van der Waals surface area (Å²) in [5.74, 6) is -1.11. The largest absolute Gasteiger partial charge is 0.493 e. The lowest BCUT2D eigenvalue weighted by Crippen LogP contribution is -2.41. The van der Waals surface area contributed by atoms with E-state index in [2.05, 4.69) is 0 Å². The third-order valence-electron chi connectivity index (χ3n) is 6.20. The molecule has 170 valence electrons. The van der Waals surface area contributed by atoms with Crippen molar-refractivity contribution in [2.75, 3.05) is 32.8 Å². The van der Waals surface area contributed by atoms with Gasteiger partial charge in [0.25, 0.3) is 11.8 Å². The predicted molar refractivity (Wildman–Crippen MR) is 117 cm³/mol. The van der Waals surface area contributed by atoms with Crippen LogP contribution in [0, 0.1) is 17.6 Å². The zero-order valence-corrected chi connectivity index (χ0v) is 18.1. The van der Waals surface area contributed by atoms with E-state index < -0.39 is 17.5 Å². The average Bonchev–Trinajstić information content (AvgIpc) is 2.83. The van der Waals surface area contributed by atoms with E-state index in [0.717, 1.165) is 50.9 Å². The van der Waals surface area contributed by atoms with Crippen molar-refractivity contribution in [2.24, 2.45) is 5.92 Å². The maximum Gasteiger partial charge on any atom is 0.256 e. The first-order valence-corrected chi connectivity index (χ1v) is 11.3. The highest BCUT2D eigenvalue weighted by Crippen LogP contribution is 2.22. The van der Waals surface area contributed by atoms with Crippen LogP contribution in [-0.4, -0.2) is 54.4 Å². The average molecular weight is 443 g/mol. The number of hydrogen-bond acceptors (Lipinski definition) is 3. The maximum absolute atomic E-state index is 14.0. The molecular weight excluding hydrogens is 414 g/mol. The Bertz CT molecular complexity index is 958. The Balaban J connectivity index is 1.30. The van der Waals surface area contributed by atoms with Gasteiger partial charge < -0.3 is 14.5 Å². The van der Waals surface area contributed by atoms with Crippen molar-refractivity contribution < 1.29 is 23.1 Å². The van der Waals surface area contributed by atoms with Crippen LogP contribution in [0.15, 0.2) is 42.5 Å². The lowest BCUT2D eigenvalue weighted by molar-refractivity contribution is 0.0628. The predicted octanol–water partition coefficient (Wildman–Crippen LogP) is 4.52. The molecule has 2 aromatic carbocycles. The summed E-state index contributed by atoms with van der Waals surface area (Å²) in [6.07, 6.45) is 5.00. The smallest absolute Gasteiger partial charge is 0.256 e. The first-order valence-electron chi connectivity index (χ1n) is 11.3. The first kappa shape index (κ1) is 22.2. The van der Waals surface area contributed by atoms with Gasteiger partial charge in [0.15, 0.2) is 0 Å². The highest BCUT2D eigenvalue weighted by molar-refractivity contribution is 5.95. The van der Waals surface area contributed by atoms with Gasteiger partial charge in [-0.3, -0.25) is 9.59 Å². The van der Waals surface area contributed by atoms with E-state index in [9.17, 15) is 18.4 Å². The molecule has 2 aliphatic heterocycles. The molecule has 32 heavy (non-hydrogen) atoms. The number of carbonyl (C=O) groups excluding carboxylic acids is 2. The van der Waals surface area contributed by atoms with Crippen LogP contribution in [0.2, 0.25) is 0 Å². The van der Waals surface area contributed by atoms with Crippen LogP contribution in [0.25, 0.3) is 0 Å². The molecule has 0 spiro atoms. The lowest BCUT2D eigenvalue weighted by atomic mass is 9.98. The molecule has 0 aliphatic carbocycles. The highest BCUT2D eigenvalue weighted by Gasteiger charge is 2.27. The summed E-state index contributed by atoms with van der Waals surface area (Å²) in [4.78, 5) is 28.8. The Labute approximate surface area is 187 Å². The second-order valence-corrected chi connectivity index (χ2v) is 8.57. The fourth-order valence-corrected chi connectivity index (χ4v) is 4.41. The van der Waals surface area contributed by atoms with Gasteiger partial charge in [0.05, 0.1) is 12.2 Å². The minimum atomic E-state index is -0.840. The number of hydrogen-bond donors (Lipinski definition) is 0. The van der Waals surface area contributed by atoms with Gasteiger partial charge in [-0.1, -0.05) is 0 Å². The molecule has 1 atom stereocenters. The molecule has 5 nitrogen and oxygen atoms in total. The molecule has 0 N–H and O–H groups in total. The number of likely N-dealkylation sites (tertiary alicyclic amines) is 2. The molecule has 4 rings (SSSR count). The van der Waals surface area contributed by atoms with E-state index in [1.54, 1.807) is 29.2 Å². The van der Waals surface area contributed by atoms with Gasteiger partial charge in [-0.05, 0) is 68.5 Å². The van der Waals surface area contributed by atoms with Crippen molar-refractivity contribution in [1.29, 1.82) is 0 Å². The van der Waals surface area contributed by atoms with Crippen molar-refractivity contribution >= 4 is 11.8 Å². The first-order chi connectivity index (χ1) is 15.5. The Morgan fingerprint density at radius 3 is 2.31 bits per heavy atom. The van der Waals surface area contributed by atoms with Gasteiger partial charge >= 0.3 is 0 Å². The van der Waals surface area contributed by atoms with Crippen LogP contribution in [-0.2, 0) is 0 Å². The number of benzene rings is 2. The minimum absolute atomic E-state index is 0.0608. The molecule has 0 bridgehead atoms. The van der Waals surface area contributed by atoms with Crippen molar-refractivity contribution in [3.8, 4) is 5.75 Å². The SMILES string of the molecule is O=C(c1ccc(OCC2CCCN(C(=O)c3ccc(F)cc3F)C2)cc1)N1CCCCC1. The van der Waals surface area contributed by atoms with Crippen molar-refractivity contribution in [1.82, 2.24) is 9.80 Å². The summed E-state index contributed by atoms with van der Waals surface area (Å²) < 4.78 is 33.0. The molecular formula is C25H28F2N2O3. The van der Waals surface area contributed by atoms with E-state index in [1.165, 1.54) is 12.5 Å². The Morgan fingerprint density at radius 2 is 1.59 bits per heavy atom. The summed E-state index contributed by atoms with van der Waals surface area (Å²) >= 11 is 0. The molecule has 2 fully saturated rings. The van der Waals surface area contributed by atoms with E-state index in [0.29, 0.717) is 31.0 Å². The standard InChI is InChI=1S/C25H28F2N2O3/c26-20-8-11-22(23(27)15-20)25(31)29-14-4-5-18(16-29)17-32-21-9-6-19(7-10-21)24(30)28-12-2-1-3-13-28/h6-11,15,18H,1-5,12-14,16-17H2. The van der Waals surface area contributed by atoms with Crippen LogP contribution in [0.1, 0.15) is 52.8 Å². The van der Waals surface area contributed by atoms with E-state index >= 15 is 0 Å². The molecule has 2 amide bonds. The van der Waals surface area contributed by atoms with Crippen LogP contribution in [0.3, 0.4) is 0 Å². The monoisotopic (exact) mass is 442 g/mol. The zero-order valence-electron chi connectivity index (χ0n) is 18.1. The Morgan fingerprint density at radius 1 is 0.875 bits per heavy atom. The van der Waals surface area contributed by atoms with E-state index in [-0.39, 0.29) is 17.4 Å². The topological polar surface area (TPSA) is 49.9 Å². The van der Waals surface area contributed by atoms with Crippen LogP contribution < -0.4 is 4.74 Å². The zero-order chi connectivity index (χ0) is 22.5. The van der Waals surface area contributed by atoms with Crippen LogP contribution in [0.4, 0.5) is 8.78 Å². The van der Waals surface area contributed by atoms with E-state index in [1.807, 2.05) is 4.90 Å². The summed E-state index contributed by atoms with van der Waals surface area (Å²) in [7, 11) is 0. The van der Waals surface area contributed by atoms with Crippen molar-refractivity contribution in [3.63, 3.8) is 0 Å². The normalized spacial score (nSPS) is 19.0. The molecule has 0 radical (unpaired) electrons. The summed E-state index contributed by atoms with van der Waals surface area (Å²) in [6.45, 7) is 3.06. The van der Waals surface area contributed by atoms with Gasteiger partial charge in [0.2, 0.25) is 0 Å². The fraction of sp³-hybridized carbons (Fsp3) is 0.440. The molecule has 7 heteroatoms. The van der Waals surface area contributed by atoms with Gasteiger partial charge in [-0.2, -0.15) is 0 Å². The molecule has 2 aromatic rings. The summed E-state index contributed by atoms with van der Waals surface area (Å²) in [5, 5.41) is 0. The quantitative estimate of drug-likeness (QED) is 0.684. The number of rotatable bonds is 5. The summed E-state index contributed by atoms with van der Waals surface area (Å²) in [6, 6.07) is 10.2. The number of carbonyl (C=O) groups is 2. The summed E-state index contributed by atoms with van der Waals surface area (Å²) in [5.41, 5.74) is 0.553. The number of amides is 2. The fourth-order valence-electron chi connectivity index (χ4n) is 4.41. The molecule has 0 saturated carbocycles. The van der Waals surface area contributed by atoms with Crippen LogP contribution >= 0.6 is 0 Å². The maximum atomic E-state index is 14.0. The lowest BCUT2D eigenvalue weighted by Gasteiger charge is -2.32. The molecule has 2 heterocycles. The van der Waals surface area contributed by atoms with Gasteiger partial charge in [0.1, 0.15) is 17.4 Å². The number of halogens is 2. The molecule has 2 saturated heterocycles. The third-order valence-corrected chi connectivity index (χ3v) is 6.20. The molecule has 0 aromatic heterocycles. The van der Waals surface area contributed by atoms with Crippen molar-refractivity contribution in [3.05, 3.63) is 65.2 Å². The second kappa shape index (κ2) is 10.1. The Hall–Kier alpha value is -2.96. The highest BCUT2D eigenvalue weighted by atomic mass is 19.1. The van der Waals surface area contributed by atoms with Gasteiger partial charge in [0, 0.05) is 43.7 Å². The number of piperidine rings is 2. The number of nitrogens with zero attached hydrogens (tertiary/aromatic N) is 2. The van der Waals surface area contributed by atoms with Crippen molar-refractivity contribution in [2.45, 2.75) is 32.1 Å². The van der Waals surface area contributed by atoms with Gasteiger partial charge in [-0.15, -0.1) is 0 Å². The minimum Gasteiger partial charge on any atom is -0.493 e. The molecule has 2 aliphatic rings. The van der Waals surface area contributed by atoms with E-state index in [4.69, 9.17) is 4.74 Å².